The van der Waals surface area contributed by atoms with Crippen molar-refractivity contribution in [2.24, 2.45) is 0 Å². The third kappa shape index (κ3) is 3.75. The summed E-state index contributed by atoms with van der Waals surface area (Å²) >= 11 is 0. The maximum atomic E-state index is 14.3. The zero-order valence-corrected chi connectivity index (χ0v) is 15.6. The molecule has 3 amide bonds. The molecular weight excluding hydrogens is 365 g/mol. The van der Waals surface area contributed by atoms with Gasteiger partial charge in [0, 0.05) is 17.3 Å². The standard InChI is InChI=1S/C20H20FN3O4/c1-11-17(18(24-20(26)22-11)13-6-4-5-7-14(13)21)19(25)23-15-9-8-12(27-2)10-16(15)28-3/h4-10,18H,1-3H3,(H,23,25)(H2,22,24,26). The summed E-state index contributed by atoms with van der Waals surface area (Å²) in [5.41, 5.74) is 1.14. The van der Waals surface area contributed by atoms with Crippen molar-refractivity contribution in [3.63, 3.8) is 0 Å². The van der Waals surface area contributed by atoms with Gasteiger partial charge in [0.15, 0.2) is 0 Å². The molecule has 2 aromatic rings. The second kappa shape index (κ2) is 7.99. The summed E-state index contributed by atoms with van der Waals surface area (Å²) < 4.78 is 24.8. The summed E-state index contributed by atoms with van der Waals surface area (Å²) in [6.45, 7) is 1.59. The van der Waals surface area contributed by atoms with Crippen LogP contribution in [0.4, 0.5) is 14.9 Å². The lowest BCUT2D eigenvalue weighted by Gasteiger charge is -2.29. The Morgan fingerprint density at radius 1 is 1.14 bits per heavy atom. The highest BCUT2D eigenvalue weighted by Gasteiger charge is 2.33. The van der Waals surface area contributed by atoms with Crippen LogP contribution in [0, 0.1) is 5.82 Å². The monoisotopic (exact) mass is 385 g/mol. The molecule has 8 heteroatoms. The number of hydrogen-bond donors (Lipinski definition) is 3. The molecule has 1 aliphatic heterocycles. The fraction of sp³-hybridized carbons (Fsp3) is 0.200. The molecular formula is C20H20FN3O4. The number of amides is 3. The van der Waals surface area contributed by atoms with E-state index in [9.17, 15) is 14.0 Å². The van der Waals surface area contributed by atoms with Crippen LogP contribution in [-0.2, 0) is 4.79 Å². The van der Waals surface area contributed by atoms with Gasteiger partial charge in [-0.25, -0.2) is 9.18 Å². The summed E-state index contributed by atoms with van der Waals surface area (Å²) in [4.78, 5) is 25.0. The second-order valence-electron chi connectivity index (χ2n) is 6.11. The largest absolute Gasteiger partial charge is 0.497 e. The Morgan fingerprint density at radius 2 is 1.89 bits per heavy atom. The van der Waals surface area contributed by atoms with Gasteiger partial charge in [-0.05, 0) is 25.1 Å². The second-order valence-corrected chi connectivity index (χ2v) is 6.11. The van der Waals surface area contributed by atoms with Crippen molar-refractivity contribution in [1.82, 2.24) is 10.6 Å². The van der Waals surface area contributed by atoms with Gasteiger partial charge in [0.1, 0.15) is 17.3 Å². The number of anilines is 1. The molecule has 0 radical (unpaired) electrons. The first-order valence-electron chi connectivity index (χ1n) is 8.50. The Balaban J connectivity index is 1.97. The molecule has 28 heavy (non-hydrogen) atoms. The minimum atomic E-state index is -0.931. The van der Waals surface area contributed by atoms with Gasteiger partial charge in [-0.2, -0.15) is 0 Å². The van der Waals surface area contributed by atoms with Crippen LogP contribution in [0.3, 0.4) is 0 Å². The van der Waals surface area contributed by atoms with Gasteiger partial charge in [0.05, 0.1) is 31.5 Å². The van der Waals surface area contributed by atoms with Gasteiger partial charge in [-0.3, -0.25) is 4.79 Å². The molecule has 7 nitrogen and oxygen atoms in total. The van der Waals surface area contributed by atoms with E-state index in [2.05, 4.69) is 16.0 Å². The highest BCUT2D eigenvalue weighted by atomic mass is 19.1. The topological polar surface area (TPSA) is 88.7 Å². The normalized spacial score (nSPS) is 16.1. The highest BCUT2D eigenvalue weighted by molar-refractivity contribution is 6.07. The molecule has 0 fully saturated rings. The van der Waals surface area contributed by atoms with E-state index in [1.807, 2.05) is 0 Å². The molecule has 1 unspecified atom stereocenters. The molecule has 0 saturated carbocycles. The number of carbonyl (C=O) groups is 2. The average Bonchev–Trinajstić information content (AvgIpc) is 2.67. The predicted molar refractivity (Wildman–Crippen MR) is 102 cm³/mol. The summed E-state index contributed by atoms with van der Waals surface area (Å²) in [5.74, 6) is -0.0428. The first-order chi connectivity index (χ1) is 13.4. The molecule has 146 valence electrons. The molecule has 0 aliphatic carbocycles. The zero-order chi connectivity index (χ0) is 20.3. The fourth-order valence-corrected chi connectivity index (χ4v) is 3.03. The third-order valence-electron chi connectivity index (χ3n) is 4.39. The zero-order valence-electron chi connectivity index (χ0n) is 15.6. The van der Waals surface area contributed by atoms with E-state index in [1.54, 1.807) is 37.3 Å². The van der Waals surface area contributed by atoms with E-state index in [1.165, 1.54) is 26.4 Å². The number of benzene rings is 2. The summed E-state index contributed by atoms with van der Waals surface area (Å²) in [6, 6.07) is 9.49. The lowest BCUT2D eigenvalue weighted by molar-refractivity contribution is -0.113. The molecule has 1 heterocycles. The smallest absolute Gasteiger partial charge is 0.319 e. The Morgan fingerprint density at radius 3 is 2.57 bits per heavy atom. The summed E-state index contributed by atoms with van der Waals surface area (Å²) in [5, 5.41) is 7.92. The Kier molecular flexibility index (Phi) is 5.49. The number of urea groups is 1. The Labute approximate surface area is 161 Å². The number of allylic oxidation sites excluding steroid dienone is 1. The van der Waals surface area contributed by atoms with Crippen LogP contribution in [-0.4, -0.2) is 26.2 Å². The number of methoxy groups -OCH3 is 2. The van der Waals surface area contributed by atoms with E-state index in [0.717, 1.165) is 0 Å². The molecule has 2 aromatic carbocycles. The first-order valence-corrected chi connectivity index (χ1v) is 8.50. The lowest BCUT2D eigenvalue weighted by atomic mass is 9.94. The van der Waals surface area contributed by atoms with Crippen molar-refractivity contribution in [3.8, 4) is 11.5 Å². The lowest BCUT2D eigenvalue weighted by Crippen LogP contribution is -2.46. The van der Waals surface area contributed by atoms with E-state index in [-0.39, 0.29) is 11.1 Å². The van der Waals surface area contributed by atoms with Crippen molar-refractivity contribution >= 4 is 17.6 Å². The van der Waals surface area contributed by atoms with Crippen LogP contribution in [0.15, 0.2) is 53.7 Å². The number of nitrogens with one attached hydrogen (secondary N) is 3. The molecule has 3 rings (SSSR count). The highest BCUT2D eigenvalue weighted by Crippen LogP contribution is 2.32. The van der Waals surface area contributed by atoms with Gasteiger partial charge in [0.2, 0.25) is 0 Å². The first kappa shape index (κ1) is 19.2. The van der Waals surface area contributed by atoms with E-state index < -0.39 is 23.8 Å². The van der Waals surface area contributed by atoms with Crippen molar-refractivity contribution < 1.29 is 23.5 Å². The quantitative estimate of drug-likeness (QED) is 0.738. The number of halogens is 1. The minimum absolute atomic E-state index is 0.197. The molecule has 0 bridgehead atoms. The molecule has 0 aromatic heterocycles. The van der Waals surface area contributed by atoms with Gasteiger partial charge in [-0.15, -0.1) is 0 Å². The van der Waals surface area contributed by atoms with Crippen LogP contribution in [0.5, 0.6) is 11.5 Å². The number of carbonyl (C=O) groups excluding carboxylic acids is 2. The minimum Gasteiger partial charge on any atom is -0.497 e. The number of rotatable bonds is 5. The van der Waals surface area contributed by atoms with Crippen LogP contribution in [0.1, 0.15) is 18.5 Å². The summed E-state index contributed by atoms with van der Waals surface area (Å²) in [7, 11) is 3.00. The molecule has 1 atom stereocenters. The maximum Gasteiger partial charge on any atom is 0.319 e. The molecule has 0 spiro atoms. The number of ether oxygens (including phenoxy) is 2. The van der Waals surface area contributed by atoms with Crippen molar-refractivity contribution in [2.45, 2.75) is 13.0 Å². The van der Waals surface area contributed by atoms with Gasteiger partial charge in [0.25, 0.3) is 5.91 Å². The van der Waals surface area contributed by atoms with Gasteiger partial charge in [-0.1, -0.05) is 18.2 Å². The van der Waals surface area contributed by atoms with Gasteiger partial charge < -0.3 is 25.4 Å². The SMILES string of the molecule is COc1ccc(NC(=O)C2=C(C)NC(=O)NC2c2ccccc2F)c(OC)c1. The summed E-state index contributed by atoms with van der Waals surface area (Å²) in [6.07, 6.45) is 0. The van der Waals surface area contributed by atoms with Crippen molar-refractivity contribution in [3.05, 3.63) is 65.1 Å². The third-order valence-corrected chi connectivity index (χ3v) is 4.39. The van der Waals surface area contributed by atoms with Crippen molar-refractivity contribution in [2.75, 3.05) is 19.5 Å². The Hall–Kier alpha value is -3.55. The fourth-order valence-electron chi connectivity index (χ4n) is 3.03. The number of hydrogen-bond acceptors (Lipinski definition) is 4. The average molecular weight is 385 g/mol. The van der Waals surface area contributed by atoms with E-state index >= 15 is 0 Å². The van der Waals surface area contributed by atoms with Crippen LogP contribution in [0.25, 0.3) is 0 Å². The van der Waals surface area contributed by atoms with Gasteiger partial charge >= 0.3 is 6.03 Å². The van der Waals surface area contributed by atoms with E-state index in [0.29, 0.717) is 22.9 Å². The maximum absolute atomic E-state index is 14.3. The van der Waals surface area contributed by atoms with Crippen LogP contribution < -0.4 is 25.4 Å². The Bertz CT molecular complexity index is 958. The van der Waals surface area contributed by atoms with Crippen LogP contribution in [0.2, 0.25) is 0 Å². The van der Waals surface area contributed by atoms with Crippen molar-refractivity contribution in [1.29, 1.82) is 0 Å². The van der Waals surface area contributed by atoms with E-state index in [4.69, 9.17) is 9.47 Å². The molecule has 0 saturated heterocycles. The molecule has 3 N–H and O–H groups in total. The predicted octanol–water partition coefficient (Wildman–Crippen LogP) is 3.11. The molecule has 1 aliphatic rings. The van der Waals surface area contributed by atoms with Crippen LogP contribution >= 0.6 is 0 Å².